The van der Waals surface area contributed by atoms with Crippen LogP contribution in [-0.4, -0.2) is 11.7 Å². The number of benzene rings is 2. The SMILES string of the molecule is CC(=O)c1ccccc1NC(=O)c1ccc(C)cc1. The van der Waals surface area contributed by atoms with E-state index in [1.54, 1.807) is 36.4 Å². The zero-order chi connectivity index (χ0) is 13.8. The molecule has 2 aromatic rings. The van der Waals surface area contributed by atoms with Gasteiger partial charge < -0.3 is 5.32 Å². The Hall–Kier alpha value is -2.42. The fourth-order valence-corrected chi connectivity index (χ4v) is 1.80. The summed E-state index contributed by atoms with van der Waals surface area (Å²) in [6.45, 7) is 3.45. The highest BCUT2D eigenvalue weighted by molar-refractivity contribution is 6.08. The second-order valence-corrected chi connectivity index (χ2v) is 4.42. The van der Waals surface area contributed by atoms with Gasteiger partial charge in [0, 0.05) is 11.1 Å². The van der Waals surface area contributed by atoms with E-state index in [-0.39, 0.29) is 11.7 Å². The summed E-state index contributed by atoms with van der Waals surface area (Å²) in [5.74, 6) is -0.284. The van der Waals surface area contributed by atoms with Crippen LogP contribution in [0.2, 0.25) is 0 Å². The molecule has 1 amide bonds. The molecule has 3 nitrogen and oxygen atoms in total. The Balaban J connectivity index is 2.24. The van der Waals surface area contributed by atoms with Crippen LogP contribution in [-0.2, 0) is 0 Å². The fraction of sp³-hybridized carbons (Fsp3) is 0.125. The Morgan fingerprint density at radius 1 is 0.947 bits per heavy atom. The molecule has 0 radical (unpaired) electrons. The van der Waals surface area contributed by atoms with Crippen molar-refractivity contribution in [2.45, 2.75) is 13.8 Å². The molecule has 0 unspecified atom stereocenters. The molecule has 0 fully saturated rings. The van der Waals surface area contributed by atoms with Gasteiger partial charge >= 0.3 is 0 Å². The monoisotopic (exact) mass is 253 g/mol. The van der Waals surface area contributed by atoms with Crippen LogP contribution in [0.5, 0.6) is 0 Å². The van der Waals surface area contributed by atoms with Crippen molar-refractivity contribution < 1.29 is 9.59 Å². The number of carbonyl (C=O) groups excluding carboxylic acids is 2. The zero-order valence-corrected chi connectivity index (χ0v) is 10.9. The van der Waals surface area contributed by atoms with E-state index in [0.29, 0.717) is 16.8 Å². The van der Waals surface area contributed by atoms with Crippen LogP contribution in [0.25, 0.3) is 0 Å². The summed E-state index contributed by atoms with van der Waals surface area (Å²) in [5.41, 5.74) is 2.73. The average Bonchev–Trinajstić information content (AvgIpc) is 2.39. The second-order valence-electron chi connectivity index (χ2n) is 4.42. The molecule has 0 aliphatic rings. The first-order valence-electron chi connectivity index (χ1n) is 6.06. The number of hydrogen-bond acceptors (Lipinski definition) is 2. The van der Waals surface area contributed by atoms with Gasteiger partial charge in [0.15, 0.2) is 5.78 Å². The minimum absolute atomic E-state index is 0.0696. The highest BCUT2D eigenvalue weighted by atomic mass is 16.1. The summed E-state index contributed by atoms with van der Waals surface area (Å²) in [6.07, 6.45) is 0. The Bertz CT molecular complexity index is 615. The number of rotatable bonds is 3. The van der Waals surface area contributed by atoms with Gasteiger partial charge in [-0.15, -0.1) is 0 Å². The van der Waals surface area contributed by atoms with Gasteiger partial charge in [-0.3, -0.25) is 9.59 Å². The van der Waals surface area contributed by atoms with Crippen LogP contribution in [0.3, 0.4) is 0 Å². The molecule has 0 saturated heterocycles. The normalized spacial score (nSPS) is 10.0. The standard InChI is InChI=1S/C16H15NO2/c1-11-7-9-13(10-8-11)16(19)17-15-6-4-3-5-14(15)12(2)18/h3-10H,1-2H3,(H,17,19). The molecule has 19 heavy (non-hydrogen) atoms. The topological polar surface area (TPSA) is 46.2 Å². The number of nitrogens with one attached hydrogen (secondary N) is 1. The van der Waals surface area contributed by atoms with Gasteiger partial charge in [0.25, 0.3) is 5.91 Å². The van der Waals surface area contributed by atoms with Gasteiger partial charge in [0.2, 0.25) is 0 Å². The second kappa shape index (κ2) is 5.48. The largest absolute Gasteiger partial charge is 0.321 e. The molecule has 1 N–H and O–H groups in total. The van der Waals surface area contributed by atoms with E-state index in [4.69, 9.17) is 0 Å². The third kappa shape index (κ3) is 3.07. The number of ketones is 1. The van der Waals surface area contributed by atoms with Crippen LogP contribution in [0.4, 0.5) is 5.69 Å². The lowest BCUT2D eigenvalue weighted by molar-refractivity contribution is 0.101. The smallest absolute Gasteiger partial charge is 0.255 e. The number of carbonyl (C=O) groups is 2. The molecule has 0 saturated carbocycles. The van der Waals surface area contributed by atoms with Crippen LogP contribution in [0, 0.1) is 6.92 Å². The van der Waals surface area contributed by atoms with Crippen molar-refractivity contribution in [3.8, 4) is 0 Å². The van der Waals surface area contributed by atoms with Gasteiger partial charge in [0.05, 0.1) is 5.69 Å². The first-order chi connectivity index (χ1) is 9.08. The van der Waals surface area contributed by atoms with Crippen LogP contribution in [0.15, 0.2) is 48.5 Å². The van der Waals surface area contributed by atoms with E-state index in [9.17, 15) is 9.59 Å². The minimum Gasteiger partial charge on any atom is -0.321 e. The molecule has 0 bridgehead atoms. The Morgan fingerprint density at radius 2 is 1.58 bits per heavy atom. The predicted octanol–water partition coefficient (Wildman–Crippen LogP) is 3.45. The molecule has 0 aliphatic carbocycles. The Morgan fingerprint density at radius 3 is 2.21 bits per heavy atom. The highest BCUT2D eigenvalue weighted by Gasteiger charge is 2.10. The van der Waals surface area contributed by atoms with Gasteiger partial charge in [-0.25, -0.2) is 0 Å². The molecule has 0 spiro atoms. The van der Waals surface area contributed by atoms with E-state index in [0.717, 1.165) is 5.56 Å². The molecule has 2 aromatic carbocycles. The Kier molecular flexibility index (Phi) is 3.76. The van der Waals surface area contributed by atoms with Crippen molar-refractivity contribution in [2.24, 2.45) is 0 Å². The molecular formula is C16H15NO2. The van der Waals surface area contributed by atoms with Crippen LogP contribution in [0.1, 0.15) is 33.2 Å². The lowest BCUT2D eigenvalue weighted by Gasteiger charge is -2.09. The van der Waals surface area contributed by atoms with Crippen molar-refractivity contribution in [1.82, 2.24) is 0 Å². The quantitative estimate of drug-likeness (QED) is 0.851. The molecule has 2 rings (SSSR count). The first-order valence-corrected chi connectivity index (χ1v) is 6.06. The number of anilines is 1. The van der Waals surface area contributed by atoms with Crippen LogP contribution >= 0.6 is 0 Å². The number of hydrogen-bond donors (Lipinski definition) is 1. The Labute approximate surface area is 112 Å². The number of aryl methyl sites for hydroxylation is 1. The maximum Gasteiger partial charge on any atom is 0.255 e. The lowest BCUT2D eigenvalue weighted by Crippen LogP contribution is -2.14. The van der Waals surface area contributed by atoms with E-state index in [1.165, 1.54) is 6.92 Å². The van der Waals surface area contributed by atoms with Crippen molar-refractivity contribution in [3.05, 3.63) is 65.2 Å². The van der Waals surface area contributed by atoms with Gasteiger partial charge in [-0.1, -0.05) is 29.8 Å². The van der Waals surface area contributed by atoms with Gasteiger partial charge in [0.1, 0.15) is 0 Å². The summed E-state index contributed by atoms with van der Waals surface area (Å²) < 4.78 is 0. The average molecular weight is 253 g/mol. The number of para-hydroxylation sites is 1. The molecule has 0 aliphatic heterocycles. The third-order valence-corrected chi connectivity index (χ3v) is 2.87. The summed E-state index contributed by atoms with van der Waals surface area (Å²) in [7, 11) is 0. The van der Waals surface area contributed by atoms with E-state index < -0.39 is 0 Å². The van der Waals surface area contributed by atoms with E-state index in [1.807, 2.05) is 19.1 Å². The van der Waals surface area contributed by atoms with Crippen molar-refractivity contribution in [1.29, 1.82) is 0 Å². The van der Waals surface area contributed by atoms with E-state index >= 15 is 0 Å². The molecule has 0 heterocycles. The highest BCUT2D eigenvalue weighted by Crippen LogP contribution is 2.16. The fourth-order valence-electron chi connectivity index (χ4n) is 1.80. The maximum absolute atomic E-state index is 12.1. The summed E-state index contributed by atoms with van der Waals surface area (Å²) >= 11 is 0. The first kappa shape index (κ1) is 13.0. The number of Topliss-reactive ketones (excluding diaryl/α,β-unsaturated/α-hetero) is 1. The van der Waals surface area contributed by atoms with Crippen molar-refractivity contribution in [3.63, 3.8) is 0 Å². The molecule has 3 heteroatoms. The predicted molar refractivity (Wildman–Crippen MR) is 75.6 cm³/mol. The van der Waals surface area contributed by atoms with Gasteiger partial charge in [-0.05, 0) is 38.1 Å². The molecule has 0 aromatic heterocycles. The lowest BCUT2D eigenvalue weighted by atomic mass is 10.1. The van der Waals surface area contributed by atoms with Crippen molar-refractivity contribution >= 4 is 17.4 Å². The molecular weight excluding hydrogens is 238 g/mol. The summed E-state index contributed by atoms with van der Waals surface area (Å²) in [6, 6.07) is 14.3. The van der Waals surface area contributed by atoms with Gasteiger partial charge in [-0.2, -0.15) is 0 Å². The third-order valence-electron chi connectivity index (χ3n) is 2.87. The summed E-state index contributed by atoms with van der Waals surface area (Å²) in [4.78, 5) is 23.6. The maximum atomic E-state index is 12.1. The molecule has 0 atom stereocenters. The van der Waals surface area contributed by atoms with E-state index in [2.05, 4.69) is 5.32 Å². The molecule has 96 valence electrons. The van der Waals surface area contributed by atoms with Crippen molar-refractivity contribution in [2.75, 3.05) is 5.32 Å². The number of amides is 1. The summed E-state index contributed by atoms with van der Waals surface area (Å²) in [5, 5.41) is 2.77. The zero-order valence-electron chi connectivity index (χ0n) is 10.9. The van der Waals surface area contributed by atoms with Crippen LogP contribution < -0.4 is 5.32 Å². The minimum atomic E-state index is -0.214.